The Morgan fingerprint density at radius 3 is 2.40 bits per heavy atom. The standard InChI is InChI=1S/C27H46O2Si/c1-18(28)22-11-12-23-21-10-9-19-17-20(29-30(7,8)25(2,3)4)13-15-26(19,5)24(21)14-16-27(22,23)6/h9,20-24H,10-17H2,1-8H3/t20-,21-,22+,23-,24-,26+,27-/m1/s1. The molecule has 30 heavy (non-hydrogen) atoms. The van der Waals surface area contributed by atoms with Crippen molar-refractivity contribution in [2.45, 2.75) is 117 Å². The molecule has 7 atom stereocenters. The molecule has 0 amide bonds. The van der Waals surface area contributed by atoms with E-state index in [0.717, 1.165) is 30.6 Å². The van der Waals surface area contributed by atoms with Gasteiger partial charge in [-0.25, -0.2) is 0 Å². The van der Waals surface area contributed by atoms with Gasteiger partial charge in [-0.1, -0.05) is 46.3 Å². The highest BCUT2D eigenvalue weighted by molar-refractivity contribution is 6.74. The molecule has 0 unspecified atom stereocenters. The zero-order chi connectivity index (χ0) is 22.1. The molecule has 4 rings (SSSR count). The van der Waals surface area contributed by atoms with Gasteiger partial charge in [0, 0.05) is 12.0 Å². The number of Topliss-reactive ketones (excluding diaryl/α,β-unsaturated/α-hetero) is 1. The van der Waals surface area contributed by atoms with Crippen molar-refractivity contribution < 1.29 is 9.22 Å². The van der Waals surface area contributed by atoms with Crippen LogP contribution in [-0.4, -0.2) is 20.2 Å². The maximum Gasteiger partial charge on any atom is 0.192 e. The fourth-order valence-corrected chi connectivity index (χ4v) is 9.38. The second-order valence-corrected chi connectivity index (χ2v) is 18.0. The molecule has 2 nitrogen and oxygen atoms in total. The van der Waals surface area contributed by atoms with Crippen molar-refractivity contribution in [3.8, 4) is 0 Å². The lowest BCUT2D eigenvalue weighted by atomic mass is 9.47. The lowest BCUT2D eigenvalue weighted by Crippen LogP contribution is -2.52. The minimum Gasteiger partial charge on any atom is -0.414 e. The molecule has 0 spiro atoms. The van der Waals surface area contributed by atoms with Crippen molar-refractivity contribution in [3.63, 3.8) is 0 Å². The number of fused-ring (bicyclic) bond motifs is 5. The van der Waals surface area contributed by atoms with Crippen molar-refractivity contribution in [1.29, 1.82) is 0 Å². The third kappa shape index (κ3) is 3.41. The summed E-state index contributed by atoms with van der Waals surface area (Å²) in [5.41, 5.74) is 2.34. The fraction of sp³-hybridized carbons (Fsp3) is 0.889. The Morgan fingerprint density at radius 1 is 1.07 bits per heavy atom. The van der Waals surface area contributed by atoms with E-state index in [1.54, 1.807) is 5.57 Å². The number of rotatable bonds is 3. The molecule has 0 aromatic carbocycles. The minimum atomic E-state index is -1.71. The third-order valence-corrected chi connectivity index (χ3v) is 15.4. The monoisotopic (exact) mass is 430 g/mol. The number of allylic oxidation sites excluding steroid dienone is 1. The van der Waals surface area contributed by atoms with Crippen LogP contribution in [-0.2, 0) is 9.22 Å². The summed E-state index contributed by atoms with van der Waals surface area (Å²) in [6.45, 7) is 18.7. The predicted molar refractivity (Wildman–Crippen MR) is 128 cm³/mol. The second kappa shape index (κ2) is 7.30. The van der Waals surface area contributed by atoms with Crippen LogP contribution in [0.2, 0.25) is 18.1 Å². The minimum absolute atomic E-state index is 0.261. The summed E-state index contributed by atoms with van der Waals surface area (Å²) in [6, 6.07) is 0. The van der Waals surface area contributed by atoms with Crippen LogP contribution in [0.25, 0.3) is 0 Å². The second-order valence-electron chi connectivity index (χ2n) is 13.3. The molecular formula is C27H46O2Si. The van der Waals surface area contributed by atoms with Gasteiger partial charge in [-0.2, -0.15) is 0 Å². The van der Waals surface area contributed by atoms with Crippen molar-refractivity contribution in [2.24, 2.45) is 34.5 Å². The maximum absolute atomic E-state index is 12.4. The first-order chi connectivity index (χ1) is 13.8. The largest absolute Gasteiger partial charge is 0.414 e. The zero-order valence-corrected chi connectivity index (χ0v) is 21.9. The summed E-state index contributed by atoms with van der Waals surface area (Å²) in [7, 11) is -1.71. The lowest BCUT2D eigenvalue weighted by Gasteiger charge is -2.58. The van der Waals surface area contributed by atoms with Gasteiger partial charge in [-0.15, -0.1) is 0 Å². The van der Waals surface area contributed by atoms with Crippen LogP contribution in [0.3, 0.4) is 0 Å². The molecule has 3 heteroatoms. The third-order valence-electron chi connectivity index (χ3n) is 10.8. The van der Waals surface area contributed by atoms with Gasteiger partial charge in [0.15, 0.2) is 8.32 Å². The number of hydrogen-bond donors (Lipinski definition) is 0. The molecule has 0 bridgehead atoms. The van der Waals surface area contributed by atoms with E-state index in [2.05, 4.69) is 53.8 Å². The Bertz CT molecular complexity index is 732. The first-order valence-corrected chi connectivity index (χ1v) is 15.6. The van der Waals surface area contributed by atoms with Gasteiger partial charge in [0.25, 0.3) is 0 Å². The molecule has 170 valence electrons. The van der Waals surface area contributed by atoms with E-state index in [1.807, 2.05) is 6.92 Å². The van der Waals surface area contributed by atoms with Gasteiger partial charge >= 0.3 is 0 Å². The highest BCUT2D eigenvalue weighted by Crippen LogP contribution is 2.66. The van der Waals surface area contributed by atoms with Crippen LogP contribution in [0.4, 0.5) is 0 Å². The SMILES string of the molecule is CC(=O)[C@@H]1CC[C@@H]2[C@H]3CC=C4C[C@H](O[Si](C)(C)C(C)(C)C)CC[C@]4(C)[C@@H]3CC[C@@]21C. The van der Waals surface area contributed by atoms with E-state index in [9.17, 15) is 4.79 Å². The first kappa shape index (κ1) is 22.8. The van der Waals surface area contributed by atoms with Crippen LogP contribution in [0, 0.1) is 34.5 Å². The topological polar surface area (TPSA) is 26.3 Å². The zero-order valence-electron chi connectivity index (χ0n) is 20.9. The molecule has 0 heterocycles. The van der Waals surface area contributed by atoms with Crippen molar-refractivity contribution >= 4 is 14.1 Å². The molecule has 3 saturated carbocycles. The summed E-state index contributed by atoms with van der Waals surface area (Å²) in [6.07, 6.45) is 13.0. The Kier molecular flexibility index (Phi) is 5.54. The van der Waals surface area contributed by atoms with Crippen LogP contribution in [0.15, 0.2) is 11.6 Å². The summed E-state index contributed by atoms with van der Waals surface area (Å²) < 4.78 is 6.86. The number of hydrogen-bond acceptors (Lipinski definition) is 2. The van der Waals surface area contributed by atoms with E-state index >= 15 is 0 Å². The van der Waals surface area contributed by atoms with E-state index < -0.39 is 8.32 Å². The molecular weight excluding hydrogens is 384 g/mol. The smallest absolute Gasteiger partial charge is 0.192 e. The Hall–Kier alpha value is -0.413. The van der Waals surface area contributed by atoms with E-state index in [-0.39, 0.29) is 10.5 Å². The maximum atomic E-state index is 12.4. The van der Waals surface area contributed by atoms with E-state index in [1.165, 1.54) is 38.5 Å². The number of ketones is 1. The van der Waals surface area contributed by atoms with Gasteiger partial charge in [0.1, 0.15) is 5.78 Å². The highest BCUT2D eigenvalue weighted by atomic mass is 28.4. The molecule has 0 saturated heterocycles. The average molecular weight is 431 g/mol. The normalized spacial score (nSPS) is 44.0. The molecule has 4 aliphatic carbocycles. The highest BCUT2D eigenvalue weighted by Gasteiger charge is 2.59. The first-order valence-electron chi connectivity index (χ1n) is 12.7. The molecule has 0 radical (unpaired) electrons. The number of carbonyl (C=O) groups excluding carboxylic acids is 1. The van der Waals surface area contributed by atoms with Crippen LogP contribution < -0.4 is 0 Å². The molecule has 4 aliphatic rings. The molecule has 3 fully saturated rings. The van der Waals surface area contributed by atoms with Crippen molar-refractivity contribution in [1.82, 2.24) is 0 Å². The molecule has 0 aliphatic heterocycles. The lowest BCUT2D eigenvalue weighted by molar-refractivity contribution is -0.127. The summed E-state index contributed by atoms with van der Waals surface area (Å²) >= 11 is 0. The predicted octanol–water partition coefficient (Wildman–Crippen LogP) is 7.54. The Labute approximate surface area is 186 Å². The summed E-state index contributed by atoms with van der Waals surface area (Å²) in [4.78, 5) is 12.4. The molecule has 0 N–H and O–H groups in total. The van der Waals surface area contributed by atoms with Crippen molar-refractivity contribution in [3.05, 3.63) is 11.6 Å². The quantitative estimate of drug-likeness (QED) is 0.341. The van der Waals surface area contributed by atoms with Gasteiger partial charge in [-0.05, 0) is 105 Å². The average Bonchev–Trinajstić information content (AvgIpc) is 2.98. The summed E-state index contributed by atoms with van der Waals surface area (Å²) in [5.74, 6) is 3.12. The summed E-state index contributed by atoms with van der Waals surface area (Å²) in [5, 5.41) is 0.281. The van der Waals surface area contributed by atoms with Gasteiger partial charge in [0.2, 0.25) is 0 Å². The Morgan fingerprint density at radius 2 is 1.77 bits per heavy atom. The van der Waals surface area contributed by atoms with Crippen LogP contribution >= 0.6 is 0 Å². The van der Waals surface area contributed by atoms with Gasteiger partial charge < -0.3 is 4.43 Å². The van der Waals surface area contributed by atoms with Crippen LogP contribution in [0.1, 0.15) is 92.9 Å². The van der Waals surface area contributed by atoms with Crippen LogP contribution in [0.5, 0.6) is 0 Å². The van der Waals surface area contributed by atoms with Gasteiger partial charge in [-0.3, -0.25) is 4.79 Å². The molecule has 0 aromatic rings. The van der Waals surface area contributed by atoms with E-state index in [0.29, 0.717) is 23.2 Å². The van der Waals surface area contributed by atoms with Crippen molar-refractivity contribution in [2.75, 3.05) is 0 Å². The van der Waals surface area contributed by atoms with Gasteiger partial charge in [0.05, 0.1) is 0 Å². The van der Waals surface area contributed by atoms with E-state index in [4.69, 9.17) is 4.43 Å². The molecule has 0 aromatic heterocycles. The Balaban J connectivity index is 1.53. The fourth-order valence-electron chi connectivity index (χ4n) is 7.99. The number of carbonyl (C=O) groups is 1.